The van der Waals surface area contributed by atoms with Crippen LogP contribution in [-0.4, -0.2) is 22.6 Å². The van der Waals surface area contributed by atoms with E-state index in [0.29, 0.717) is 30.7 Å². The minimum atomic E-state index is -1.03. The third-order valence-corrected chi connectivity index (χ3v) is 3.97. The van der Waals surface area contributed by atoms with Gasteiger partial charge in [0, 0.05) is 24.5 Å². The summed E-state index contributed by atoms with van der Waals surface area (Å²) < 4.78 is 5.93. The van der Waals surface area contributed by atoms with Crippen molar-refractivity contribution in [3.8, 4) is 0 Å². The Morgan fingerprint density at radius 3 is 2.58 bits per heavy atom. The summed E-state index contributed by atoms with van der Waals surface area (Å²) in [5.74, 6) is -1.03. The van der Waals surface area contributed by atoms with Gasteiger partial charge >= 0.3 is 0 Å². The molecule has 1 saturated carbocycles. The number of aliphatic hydroxyl groups excluding tert-OH is 1. The van der Waals surface area contributed by atoms with E-state index in [-0.39, 0.29) is 12.7 Å². The van der Waals surface area contributed by atoms with Gasteiger partial charge in [-0.15, -0.1) is 0 Å². The highest BCUT2D eigenvalue weighted by Gasteiger charge is 2.35. The van der Waals surface area contributed by atoms with Crippen molar-refractivity contribution in [1.29, 1.82) is 0 Å². The van der Waals surface area contributed by atoms with Crippen LogP contribution in [0.3, 0.4) is 0 Å². The summed E-state index contributed by atoms with van der Waals surface area (Å²) >= 11 is 6.20. The first-order valence-corrected chi connectivity index (χ1v) is 7.28. The smallest absolute Gasteiger partial charge is 0.166 e. The fourth-order valence-corrected chi connectivity index (χ4v) is 2.86. The minimum Gasteiger partial charge on any atom is -0.396 e. The molecule has 19 heavy (non-hydrogen) atoms. The Balaban J connectivity index is 2.13. The zero-order valence-electron chi connectivity index (χ0n) is 11.0. The van der Waals surface area contributed by atoms with Gasteiger partial charge in [0.05, 0.1) is 6.10 Å². The first kappa shape index (κ1) is 14.8. The van der Waals surface area contributed by atoms with E-state index in [1.165, 1.54) is 0 Å². The van der Waals surface area contributed by atoms with Crippen molar-refractivity contribution >= 4 is 11.6 Å². The van der Waals surface area contributed by atoms with Crippen LogP contribution >= 0.6 is 11.6 Å². The second-order valence-electron chi connectivity index (χ2n) is 5.15. The molecule has 0 aliphatic heterocycles. The van der Waals surface area contributed by atoms with Crippen molar-refractivity contribution in [3.63, 3.8) is 0 Å². The summed E-state index contributed by atoms with van der Waals surface area (Å²) in [5, 5.41) is 20.0. The lowest BCUT2D eigenvalue weighted by molar-refractivity contribution is -0.228. The van der Waals surface area contributed by atoms with Gasteiger partial charge in [0.15, 0.2) is 5.79 Å². The van der Waals surface area contributed by atoms with Crippen LogP contribution in [0.25, 0.3) is 0 Å². The van der Waals surface area contributed by atoms with Gasteiger partial charge in [-0.3, -0.25) is 0 Å². The molecule has 2 rings (SSSR count). The first-order chi connectivity index (χ1) is 9.14. The van der Waals surface area contributed by atoms with Crippen LogP contribution in [0.15, 0.2) is 24.3 Å². The number of hydrogen-bond acceptors (Lipinski definition) is 3. The average molecular weight is 285 g/mol. The largest absolute Gasteiger partial charge is 0.396 e. The molecule has 1 unspecified atom stereocenters. The number of benzene rings is 1. The Hall–Kier alpha value is -0.610. The Morgan fingerprint density at radius 1 is 1.26 bits per heavy atom. The van der Waals surface area contributed by atoms with Gasteiger partial charge in [0.25, 0.3) is 0 Å². The lowest BCUT2D eigenvalue weighted by atomic mass is 10.0. The van der Waals surface area contributed by atoms with Gasteiger partial charge in [-0.2, -0.15) is 0 Å². The van der Waals surface area contributed by atoms with Crippen molar-refractivity contribution < 1.29 is 14.9 Å². The number of aliphatic hydroxyl groups is 2. The Morgan fingerprint density at radius 2 is 1.95 bits per heavy atom. The zero-order chi connectivity index (χ0) is 13.7. The van der Waals surface area contributed by atoms with Gasteiger partial charge < -0.3 is 14.9 Å². The molecule has 0 saturated heterocycles. The standard InChI is InChI=1S/C15H21ClO3/c16-13-7-2-1-6-12(13)14(8-5-11-17)19-15(18)9-3-4-10-15/h1-2,6-7,14,17-18H,3-5,8-11H2. The van der Waals surface area contributed by atoms with Gasteiger partial charge in [-0.05, 0) is 37.3 Å². The molecular formula is C15H21ClO3. The second kappa shape index (κ2) is 6.71. The third kappa shape index (κ3) is 3.93. The molecule has 0 aromatic heterocycles. The molecule has 106 valence electrons. The highest BCUT2D eigenvalue weighted by Crippen LogP contribution is 2.38. The summed E-state index contributed by atoms with van der Waals surface area (Å²) in [4.78, 5) is 0. The van der Waals surface area contributed by atoms with E-state index in [0.717, 1.165) is 18.4 Å². The third-order valence-electron chi connectivity index (χ3n) is 3.62. The molecule has 0 spiro atoms. The molecule has 0 heterocycles. The van der Waals surface area contributed by atoms with E-state index in [1.54, 1.807) is 0 Å². The fourth-order valence-electron chi connectivity index (χ4n) is 2.60. The molecule has 3 nitrogen and oxygen atoms in total. The maximum Gasteiger partial charge on any atom is 0.166 e. The van der Waals surface area contributed by atoms with Gasteiger partial charge in [0.2, 0.25) is 0 Å². The van der Waals surface area contributed by atoms with Crippen molar-refractivity contribution in [2.24, 2.45) is 0 Å². The fraction of sp³-hybridized carbons (Fsp3) is 0.600. The van der Waals surface area contributed by atoms with Crippen LogP contribution in [0.5, 0.6) is 0 Å². The lowest BCUT2D eigenvalue weighted by Gasteiger charge is -2.30. The van der Waals surface area contributed by atoms with Crippen molar-refractivity contribution in [2.75, 3.05) is 6.61 Å². The van der Waals surface area contributed by atoms with Crippen molar-refractivity contribution in [2.45, 2.75) is 50.4 Å². The Labute approximate surface area is 119 Å². The molecular weight excluding hydrogens is 264 g/mol. The Kier molecular flexibility index (Phi) is 5.22. The predicted molar refractivity (Wildman–Crippen MR) is 75.0 cm³/mol. The molecule has 0 bridgehead atoms. The molecule has 0 radical (unpaired) electrons. The van der Waals surface area contributed by atoms with E-state index in [2.05, 4.69) is 0 Å². The molecule has 4 heteroatoms. The van der Waals surface area contributed by atoms with Crippen LogP contribution in [-0.2, 0) is 4.74 Å². The van der Waals surface area contributed by atoms with E-state index in [4.69, 9.17) is 21.4 Å². The van der Waals surface area contributed by atoms with Crippen LogP contribution in [0.4, 0.5) is 0 Å². The summed E-state index contributed by atoms with van der Waals surface area (Å²) in [7, 11) is 0. The average Bonchev–Trinajstić information content (AvgIpc) is 2.82. The lowest BCUT2D eigenvalue weighted by Crippen LogP contribution is -2.30. The van der Waals surface area contributed by atoms with E-state index in [1.807, 2.05) is 24.3 Å². The number of rotatable bonds is 6. The SMILES string of the molecule is OCCCC(OC1(O)CCCC1)c1ccccc1Cl. The molecule has 1 fully saturated rings. The minimum absolute atomic E-state index is 0.114. The van der Waals surface area contributed by atoms with Crippen LogP contribution in [0.1, 0.15) is 50.2 Å². The predicted octanol–water partition coefficient (Wildman–Crippen LogP) is 3.43. The molecule has 2 N–H and O–H groups in total. The highest BCUT2D eigenvalue weighted by atomic mass is 35.5. The summed E-state index contributed by atoms with van der Waals surface area (Å²) in [6, 6.07) is 7.53. The Bertz CT molecular complexity index is 402. The van der Waals surface area contributed by atoms with Crippen LogP contribution in [0, 0.1) is 0 Å². The molecule has 1 aromatic carbocycles. The molecule has 1 aliphatic carbocycles. The quantitative estimate of drug-likeness (QED) is 0.787. The van der Waals surface area contributed by atoms with E-state index in [9.17, 15) is 5.11 Å². The monoisotopic (exact) mass is 284 g/mol. The zero-order valence-corrected chi connectivity index (χ0v) is 11.8. The van der Waals surface area contributed by atoms with E-state index >= 15 is 0 Å². The normalized spacial score (nSPS) is 19.5. The highest BCUT2D eigenvalue weighted by molar-refractivity contribution is 6.31. The molecule has 1 aromatic rings. The second-order valence-corrected chi connectivity index (χ2v) is 5.55. The number of ether oxygens (including phenoxy) is 1. The first-order valence-electron chi connectivity index (χ1n) is 6.90. The topological polar surface area (TPSA) is 49.7 Å². The summed E-state index contributed by atoms with van der Waals surface area (Å²) in [5.41, 5.74) is 0.887. The van der Waals surface area contributed by atoms with Crippen LogP contribution in [0.2, 0.25) is 5.02 Å². The van der Waals surface area contributed by atoms with Crippen molar-refractivity contribution in [3.05, 3.63) is 34.9 Å². The van der Waals surface area contributed by atoms with Crippen LogP contribution < -0.4 is 0 Å². The molecule has 1 aliphatic rings. The van der Waals surface area contributed by atoms with Gasteiger partial charge in [0.1, 0.15) is 0 Å². The molecule has 1 atom stereocenters. The summed E-state index contributed by atoms with van der Waals surface area (Å²) in [6.07, 6.45) is 4.36. The van der Waals surface area contributed by atoms with Gasteiger partial charge in [-0.1, -0.05) is 29.8 Å². The number of halogens is 1. The van der Waals surface area contributed by atoms with Gasteiger partial charge in [-0.25, -0.2) is 0 Å². The van der Waals surface area contributed by atoms with E-state index < -0.39 is 5.79 Å². The van der Waals surface area contributed by atoms with Crippen molar-refractivity contribution in [1.82, 2.24) is 0 Å². The number of hydrogen-bond donors (Lipinski definition) is 2. The molecule has 0 amide bonds. The summed E-state index contributed by atoms with van der Waals surface area (Å²) in [6.45, 7) is 0.114. The maximum atomic E-state index is 10.4. The maximum absolute atomic E-state index is 10.4.